The molecule has 1 heterocycles. The zero-order valence-corrected chi connectivity index (χ0v) is 14.6. The Balaban J connectivity index is 2.93. The average Bonchev–Trinajstić information content (AvgIpc) is 2.79. The van der Waals surface area contributed by atoms with Gasteiger partial charge in [-0.3, -0.25) is 0 Å². The van der Waals surface area contributed by atoms with E-state index in [1.165, 1.54) is 12.8 Å². The minimum Gasteiger partial charge on any atom is -0.360 e. The highest BCUT2D eigenvalue weighted by atomic mass is 28.4. The van der Waals surface area contributed by atoms with Gasteiger partial charge in [0.25, 0.3) is 0 Å². The zero-order valence-electron chi connectivity index (χ0n) is 13.6. The molecule has 0 amide bonds. The summed E-state index contributed by atoms with van der Waals surface area (Å²) in [4.78, 5) is 2.22. The van der Waals surface area contributed by atoms with E-state index < -0.39 is 8.97 Å². The summed E-state index contributed by atoms with van der Waals surface area (Å²) < 4.78 is 20.2. The molecule has 0 aromatic heterocycles. The van der Waals surface area contributed by atoms with E-state index in [4.69, 9.17) is 13.3 Å². The summed E-state index contributed by atoms with van der Waals surface area (Å²) in [6.45, 7) is 9.98. The standard InChI is InChI=1S/C14H30N2O3Si/c1-6-10-11-14-15(5)12-13-16(14)20(17-7-2,18-8-3)19-9-4/h12-14H,6-11H2,1-5H3. The second-order valence-corrected chi connectivity index (χ2v) is 7.25. The van der Waals surface area contributed by atoms with Crippen LogP contribution in [0.25, 0.3) is 0 Å². The second kappa shape index (κ2) is 8.66. The molecule has 0 aromatic rings. The topological polar surface area (TPSA) is 34.2 Å². The molecule has 5 nitrogen and oxygen atoms in total. The van der Waals surface area contributed by atoms with Crippen LogP contribution in [-0.4, -0.2) is 51.5 Å². The van der Waals surface area contributed by atoms with Gasteiger partial charge in [-0.1, -0.05) is 13.3 Å². The minimum absolute atomic E-state index is 0.270. The van der Waals surface area contributed by atoms with Crippen LogP contribution in [-0.2, 0) is 13.3 Å². The maximum absolute atomic E-state index is 6.00. The Morgan fingerprint density at radius 2 is 1.50 bits per heavy atom. The molecule has 1 aliphatic heterocycles. The predicted octanol–water partition coefficient (Wildman–Crippen LogP) is 2.77. The molecule has 20 heavy (non-hydrogen) atoms. The van der Waals surface area contributed by atoms with Crippen LogP contribution in [0, 0.1) is 0 Å². The van der Waals surface area contributed by atoms with Crippen LogP contribution in [0.1, 0.15) is 47.0 Å². The van der Waals surface area contributed by atoms with Gasteiger partial charge < -0.3 is 22.7 Å². The first-order valence-electron chi connectivity index (χ1n) is 7.75. The molecule has 6 heteroatoms. The predicted molar refractivity (Wildman–Crippen MR) is 82.7 cm³/mol. The largest absolute Gasteiger partial charge is 0.634 e. The molecule has 0 aliphatic carbocycles. The van der Waals surface area contributed by atoms with Crippen LogP contribution in [0.15, 0.2) is 12.4 Å². The van der Waals surface area contributed by atoms with Gasteiger partial charge in [0.15, 0.2) is 0 Å². The molecule has 1 aliphatic rings. The molecule has 118 valence electrons. The van der Waals surface area contributed by atoms with Gasteiger partial charge in [-0.05, 0) is 33.6 Å². The molecule has 0 fully saturated rings. The maximum Gasteiger partial charge on any atom is 0.634 e. The lowest BCUT2D eigenvalue weighted by molar-refractivity contribution is 0.00860. The third-order valence-electron chi connectivity index (χ3n) is 3.37. The van der Waals surface area contributed by atoms with Crippen LogP contribution in [0.2, 0.25) is 0 Å². The van der Waals surface area contributed by atoms with Crippen LogP contribution >= 0.6 is 0 Å². The highest BCUT2D eigenvalue weighted by Gasteiger charge is 2.52. The number of rotatable bonds is 10. The lowest BCUT2D eigenvalue weighted by Gasteiger charge is -2.40. The Bertz CT molecular complexity index is 285. The van der Waals surface area contributed by atoms with Crippen molar-refractivity contribution in [3.8, 4) is 0 Å². The van der Waals surface area contributed by atoms with Crippen LogP contribution in [0.4, 0.5) is 0 Å². The summed E-state index contributed by atoms with van der Waals surface area (Å²) in [7, 11) is -0.715. The van der Waals surface area contributed by atoms with Gasteiger partial charge in [0.05, 0.1) is 6.17 Å². The normalized spacial score (nSPS) is 19.1. The van der Waals surface area contributed by atoms with E-state index in [0.717, 1.165) is 6.42 Å². The lowest BCUT2D eigenvalue weighted by Crippen LogP contribution is -2.62. The van der Waals surface area contributed by atoms with Crippen molar-refractivity contribution in [1.82, 2.24) is 9.47 Å². The minimum atomic E-state index is -2.81. The van der Waals surface area contributed by atoms with Crippen molar-refractivity contribution in [2.24, 2.45) is 0 Å². The highest BCUT2D eigenvalue weighted by Crippen LogP contribution is 2.28. The van der Waals surface area contributed by atoms with E-state index in [9.17, 15) is 0 Å². The molecule has 0 aromatic carbocycles. The maximum atomic E-state index is 6.00. The Morgan fingerprint density at radius 1 is 0.950 bits per heavy atom. The van der Waals surface area contributed by atoms with Crippen LogP contribution in [0.5, 0.6) is 0 Å². The number of hydrogen-bond acceptors (Lipinski definition) is 5. The van der Waals surface area contributed by atoms with Gasteiger partial charge in [0.2, 0.25) is 0 Å². The summed E-state index contributed by atoms with van der Waals surface area (Å²) in [5.74, 6) is 0. The van der Waals surface area contributed by atoms with Gasteiger partial charge in [-0.25, -0.2) is 0 Å². The van der Waals surface area contributed by atoms with Gasteiger partial charge in [-0.15, -0.1) is 0 Å². The van der Waals surface area contributed by atoms with Gasteiger partial charge in [0, 0.05) is 39.3 Å². The molecule has 0 radical (unpaired) electrons. The first kappa shape index (κ1) is 17.5. The molecule has 1 atom stereocenters. The van der Waals surface area contributed by atoms with Crippen molar-refractivity contribution in [3.05, 3.63) is 12.4 Å². The number of hydrogen-bond donors (Lipinski definition) is 0. The molecule has 0 spiro atoms. The summed E-state index contributed by atoms with van der Waals surface area (Å²) in [6, 6.07) is 0. The third kappa shape index (κ3) is 3.97. The Labute approximate surface area is 124 Å². The van der Waals surface area contributed by atoms with Crippen molar-refractivity contribution in [2.45, 2.75) is 53.1 Å². The third-order valence-corrected chi connectivity index (χ3v) is 6.41. The van der Waals surface area contributed by atoms with E-state index in [1.54, 1.807) is 0 Å². The molecule has 0 bridgehead atoms. The molecule has 1 rings (SSSR count). The fourth-order valence-corrected chi connectivity index (χ4v) is 5.19. The van der Waals surface area contributed by atoms with Gasteiger partial charge >= 0.3 is 8.97 Å². The van der Waals surface area contributed by atoms with Gasteiger partial charge in [-0.2, -0.15) is 0 Å². The fourth-order valence-electron chi connectivity index (χ4n) is 2.47. The second-order valence-electron chi connectivity index (χ2n) is 4.82. The fraction of sp³-hybridized carbons (Fsp3) is 0.857. The Kier molecular flexibility index (Phi) is 7.58. The van der Waals surface area contributed by atoms with Crippen molar-refractivity contribution in [2.75, 3.05) is 26.9 Å². The quantitative estimate of drug-likeness (QED) is 0.580. The summed E-state index contributed by atoms with van der Waals surface area (Å²) in [6.07, 6.45) is 7.87. The highest BCUT2D eigenvalue weighted by molar-refractivity contribution is 6.58. The van der Waals surface area contributed by atoms with Crippen LogP contribution < -0.4 is 0 Å². The van der Waals surface area contributed by atoms with Crippen molar-refractivity contribution < 1.29 is 13.3 Å². The molecule has 0 saturated heterocycles. The summed E-state index contributed by atoms with van der Waals surface area (Å²) in [5.41, 5.74) is 0. The first-order chi connectivity index (χ1) is 9.65. The number of unbranched alkanes of at least 4 members (excludes halogenated alkanes) is 1. The van der Waals surface area contributed by atoms with E-state index in [-0.39, 0.29) is 6.17 Å². The molecule has 0 saturated carbocycles. The molecular weight excluding hydrogens is 272 g/mol. The summed E-state index contributed by atoms with van der Waals surface area (Å²) in [5, 5.41) is 0. The lowest BCUT2D eigenvalue weighted by atomic mass is 10.2. The molecule has 0 N–H and O–H groups in total. The zero-order chi connectivity index (χ0) is 15.0. The van der Waals surface area contributed by atoms with E-state index >= 15 is 0 Å². The van der Waals surface area contributed by atoms with Crippen LogP contribution in [0.3, 0.4) is 0 Å². The van der Waals surface area contributed by atoms with E-state index in [0.29, 0.717) is 19.8 Å². The Hall–Kier alpha value is -0.563. The van der Waals surface area contributed by atoms with E-state index in [1.807, 2.05) is 20.8 Å². The smallest absolute Gasteiger partial charge is 0.360 e. The van der Waals surface area contributed by atoms with Crippen molar-refractivity contribution in [3.63, 3.8) is 0 Å². The average molecular weight is 302 g/mol. The van der Waals surface area contributed by atoms with Gasteiger partial charge in [0.1, 0.15) is 0 Å². The Morgan fingerprint density at radius 3 is 1.95 bits per heavy atom. The molecular formula is C14H30N2O3Si. The monoisotopic (exact) mass is 302 g/mol. The van der Waals surface area contributed by atoms with Crippen molar-refractivity contribution in [1.29, 1.82) is 0 Å². The first-order valence-corrected chi connectivity index (χ1v) is 9.42. The SMILES string of the molecule is CCCCC1N(C)C=CN1[Si](OCC)(OCC)OCC. The summed E-state index contributed by atoms with van der Waals surface area (Å²) >= 11 is 0. The molecule has 1 unspecified atom stereocenters. The van der Waals surface area contributed by atoms with E-state index in [2.05, 4.69) is 35.8 Å². The van der Waals surface area contributed by atoms with Crippen molar-refractivity contribution >= 4 is 8.97 Å². The number of nitrogens with zero attached hydrogens (tertiary/aromatic N) is 2.